The molecule has 1 aliphatic heterocycles. The van der Waals surface area contributed by atoms with Gasteiger partial charge in [-0.05, 0) is 12.1 Å². The molecule has 1 unspecified atom stereocenters. The number of fused-ring (bicyclic) bond motifs is 1. The Balaban J connectivity index is 1.99. The Morgan fingerprint density at radius 2 is 1.81 bits per heavy atom. The normalized spacial score (nSPS) is 16.1. The summed E-state index contributed by atoms with van der Waals surface area (Å²) in [5.74, 6) is -1.67. The second-order valence-electron chi connectivity index (χ2n) is 6.00. The topological polar surface area (TPSA) is 74.8 Å². The molecule has 0 saturated heterocycles. The minimum Gasteiger partial charge on any atom is -0.324 e. The van der Waals surface area contributed by atoms with E-state index in [2.05, 4.69) is 15.5 Å². The van der Waals surface area contributed by atoms with E-state index in [-0.39, 0.29) is 28.5 Å². The molecule has 1 atom stereocenters. The number of aromatic amines is 1. The maximum absolute atomic E-state index is 14.5. The second kappa shape index (κ2) is 6.38. The van der Waals surface area contributed by atoms with E-state index in [0.717, 1.165) is 5.56 Å². The highest BCUT2D eigenvalue weighted by atomic mass is 35.5. The van der Waals surface area contributed by atoms with Crippen molar-refractivity contribution in [3.05, 3.63) is 80.9 Å². The summed E-state index contributed by atoms with van der Waals surface area (Å²) in [7, 11) is 0. The lowest BCUT2D eigenvalue weighted by Gasteiger charge is -2.27. The van der Waals surface area contributed by atoms with Gasteiger partial charge in [-0.2, -0.15) is 5.10 Å². The Labute approximate surface area is 152 Å². The minimum absolute atomic E-state index is 0.0744. The van der Waals surface area contributed by atoms with E-state index < -0.39 is 17.3 Å². The molecule has 2 heterocycles. The van der Waals surface area contributed by atoms with Crippen molar-refractivity contribution in [2.75, 3.05) is 5.32 Å². The van der Waals surface area contributed by atoms with Crippen LogP contribution in [0.5, 0.6) is 0 Å². The van der Waals surface area contributed by atoms with Gasteiger partial charge >= 0.3 is 0 Å². The van der Waals surface area contributed by atoms with Crippen molar-refractivity contribution in [3.8, 4) is 11.3 Å². The van der Waals surface area contributed by atoms with Crippen LogP contribution in [0.4, 0.5) is 10.1 Å². The number of aromatic nitrogens is 2. The fraction of sp³-hybridized carbons (Fsp3) is 0.105. The number of H-pyrrole nitrogens is 1. The predicted octanol–water partition coefficient (Wildman–Crippen LogP) is 3.70. The van der Waals surface area contributed by atoms with E-state index in [1.54, 1.807) is 6.07 Å². The Kier molecular flexibility index (Phi) is 4.05. The molecule has 1 aromatic heterocycles. The summed E-state index contributed by atoms with van der Waals surface area (Å²) in [4.78, 5) is 24.8. The van der Waals surface area contributed by atoms with E-state index in [4.69, 9.17) is 11.6 Å². The van der Waals surface area contributed by atoms with Crippen molar-refractivity contribution in [3.63, 3.8) is 0 Å². The number of anilines is 1. The van der Waals surface area contributed by atoms with Crippen LogP contribution >= 0.6 is 11.6 Å². The third-order valence-electron chi connectivity index (χ3n) is 4.42. The lowest BCUT2D eigenvalue weighted by molar-refractivity contribution is -0.116. The largest absolute Gasteiger partial charge is 0.324 e. The molecule has 0 saturated carbocycles. The molecule has 0 bridgehead atoms. The molecule has 0 fully saturated rings. The molecule has 3 aromatic rings. The van der Waals surface area contributed by atoms with Crippen LogP contribution in [0.1, 0.15) is 23.5 Å². The van der Waals surface area contributed by atoms with E-state index in [1.807, 2.05) is 30.3 Å². The van der Waals surface area contributed by atoms with Crippen LogP contribution in [0.3, 0.4) is 0 Å². The van der Waals surface area contributed by atoms with Gasteiger partial charge in [-0.1, -0.05) is 48.0 Å². The minimum atomic E-state index is -0.790. The van der Waals surface area contributed by atoms with Gasteiger partial charge in [0.15, 0.2) is 0 Å². The number of halogens is 2. The van der Waals surface area contributed by atoms with Gasteiger partial charge in [0, 0.05) is 28.5 Å². The summed E-state index contributed by atoms with van der Waals surface area (Å²) >= 11 is 6.19. The van der Waals surface area contributed by atoms with Crippen molar-refractivity contribution < 1.29 is 9.18 Å². The van der Waals surface area contributed by atoms with Crippen molar-refractivity contribution in [1.29, 1.82) is 0 Å². The van der Waals surface area contributed by atoms with Gasteiger partial charge in [-0.3, -0.25) is 9.59 Å². The molecule has 4 rings (SSSR count). The number of hydrogen-bond donors (Lipinski definition) is 2. The molecule has 1 amide bonds. The summed E-state index contributed by atoms with van der Waals surface area (Å²) in [6.07, 6.45) is -0.0744. The molecule has 130 valence electrons. The maximum Gasteiger partial charge on any atom is 0.270 e. The first kappa shape index (κ1) is 16.5. The molecule has 0 radical (unpaired) electrons. The van der Waals surface area contributed by atoms with Gasteiger partial charge in [0.2, 0.25) is 5.91 Å². The molecule has 1 aliphatic rings. The third-order valence-corrected chi connectivity index (χ3v) is 4.75. The highest BCUT2D eigenvalue weighted by Crippen LogP contribution is 2.41. The van der Waals surface area contributed by atoms with Crippen LogP contribution < -0.4 is 10.9 Å². The van der Waals surface area contributed by atoms with Crippen molar-refractivity contribution >= 4 is 23.2 Å². The van der Waals surface area contributed by atoms with Crippen LogP contribution in [0.15, 0.2) is 53.3 Å². The Morgan fingerprint density at radius 3 is 2.54 bits per heavy atom. The number of rotatable bonds is 2. The SMILES string of the molecule is O=C1CC(c2c(F)cccc2Cl)c2c(c(-c3ccccc3)n[nH]c2=O)N1. The molecule has 26 heavy (non-hydrogen) atoms. The predicted molar refractivity (Wildman–Crippen MR) is 96.8 cm³/mol. The molecule has 0 aliphatic carbocycles. The summed E-state index contributed by atoms with van der Waals surface area (Å²) in [6.45, 7) is 0. The zero-order valence-electron chi connectivity index (χ0n) is 13.4. The van der Waals surface area contributed by atoms with Gasteiger partial charge in [0.25, 0.3) is 5.56 Å². The van der Waals surface area contributed by atoms with Crippen molar-refractivity contribution in [2.24, 2.45) is 0 Å². The first-order valence-corrected chi connectivity index (χ1v) is 8.36. The molecular weight excluding hydrogens is 357 g/mol. The fourth-order valence-corrected chi connectivity index (χ4v) is 3.59. The molecule has 7 heteroatoms. The van der Waals surface area contributed by atoms with E-state index in [9.17, 15) is 14.0 Å². The molecule has 2 N–H and O–H groups in total. The maximum atomic E-state index is 14.5. The summed E-state index contributed by atoms with van der Waals surface area (Å²) in [5.41, 5.74) is 1.35. The van der Waals surface area contributed by atoms with Crippen LogP contribution in [-0.2, 0) is 4.79 Å². The number of amides is 1. The number of nitrogens with zero attached hydrogens (tertiary/aromatic N) is 1. The van der Waals surface area contributed by atoms with Crippen LogP contribution in [-0.4, -0.2) is 16.1 Å². The van der Waals surface area contributed by atoms with E-state index in [1.165, 1.54) is 12.1 Å². The quantitative estimate of drug-likeness (QED) is 0.723. The van der Waals surface area contributed by atoms with Gasteiger partial charge in [0.1, 0.15) is 11.5 Å². The van der Waals surface area contributed by atoms with E-state index in [0.29, 0.717) is 11.4 Å². The Bertz CT molecular complexity index is 1050. The summed E-state index contributed by atoms with van der Waals surface area (Å²) < 4.78 is 14.5. The zero-order valence-corrected chi connectivity index (χ0v) is 14.2. The lowest BCUT2D eigenvalue weighted by Crippen LogP contribution is -2.31. The highest BCUT2D eigenvalue weighted by molar-refractivity contribution is 6.31. The Hall–Kier alpha value is -2.99. The van der Waals surface area contributed by atoms with Gasteiger partial charge in [-0.15, -0.1) is 0 Å². The highest BCUT2D eigenvalue weighted by Gasteiger charge is 2.34. The molecule has 2 aromatic carbocycles. The monoisotopic (exact) mass is 369 g/mol. The number of hydrogen-bond acceptors (Lipinski definition) is 3. The van der Waals surface area contributed by atoms with Gasteiger partial charge in [0.05, 0.1) is 11.3 Å². The fourth-order valence-electron chi connectivity index (χ4n) is 3.30. The van der Waals surface area contributed by atoms with Crippen LogP contribution in [0, 0.1) is 5.82 Å². The van der Waals surface area contributed by atoms with Crippen molar-refractivity contribution in [2.45, 2.75) is 12.3 Å². The number of benzene rings is 2. The van der Waals surface area contributed by atoms with Gasteiger partial charge in [-0.25, -0.2) is 9.49 Å². The number of carbonyl (C=O) groups is 1. The van der Waals surface area contributed by atoms with Crippen LogP contribution in [0.2, 0.25) is 5.02 Å². The first-order valence-electron chi connectivity index (χ1n) is 7.98. The van der Waals surface area contributed by atoms with E-state index >= 15 is 0 Å². The average molecular weight is 370 g/mol. The number of carbonyl (C=O) groups excluding carboxylic acids is 1. The average Bonchev–Trinajstić information content (AvgIpc) is 2.62. The number of nitrogens with one attached hydrogen (secondary N) is 2. The zero-order chi connectivity index (χ0) is 18.3. The molecular formula is C19H13ClFN3O2. The third kappa shape index (κ3) is 2.68. The summed E-state index contributed by atoms with van der Waals surface area (Å²) in [5, 5.41) is 9.44. The smallest absolute Gasteiger partial charge is 0.270 e. The molecule has 0 spiro atoms. The summed E-state index contributed by atoms with van der Waals surface area (Å²) in [6, 6.07) is 13.4. The second-order valence-corrected chi connectivity index (χ2v) is 6.40. The first-order chi connectivity index (χ1) is 12.6. The Morgan fingerprint density at radius 1 is 1.04 bits per heavy atom. The van der Waals surface area contributed by atoms with Gasteiger partial charge < -0.3 is 5.32 Å². The standard InChI is InChI=1S/C19H13ClFN3O2/c20-12-7-4-8-13(21)15(12)11-9-14(25)22-18-16(11)19(26)24-23-17(18)10-5-2-1-3-6-10/h1-8,11H,9H2,(H,22,25)(H,24,26). The molecule has 5 nitrogen and oxygen atoms in total. The van der Waals surface area contributed by atoms with Crippen LogP contribution in [0.25, 0.3) is 11.3 Å². The van der Waals surface area contributed by atoms with Crippen molar-refractivity contribution in [1.82, 2.24) is 10.2 Å². The lowest BCUT2D eigenvalue weighted by atomic mass is 9.84.